The molecule has 0 aliphatic carbocycles. The van der Waals surface area contributed by atoms with Crippen molar-refractivity contribution in [3.8, 4) is 11.5 Å². The maximum Gasteiger partial charge on any atom is 0.260 e. The second-order valence-electron chi connectivity index (χ2n) is 5.75. The molecule has 0 bridgehead atoms. The van der Waals surface area contributed by atoms with Gasteiger partial charge in [0.05, 0.1) is 42.4 Å². The van der Waals surface area contributed by atoms with E-state index >= 15 is 0 Å². The predicted octanol–water partition coefficient (Wildman–Crippen LogP) is 2.93. The molecule has 2 rings (SSSR count). The first-order chi connectivity index (χ1) is 13.7. The Bertz CT molecular complexity index is 1030. The van der Waals surface area contributed by atoms with E-state index in [2.05, 4.69) is 10.5 Å². The number of anilines is 1. The van der Waals surface area contributed by atoms with Gasteiger partial charge in [-0.05, 0) is 35.9 Å². The van der Waals surface area contributed by atoms with Gasteiger partial charge in [0.15, 0.2) is 11.5 Å². The first-order valence-electron chi connectivity index (χ1n) is 8.13. The highest BCUT2D eigenvalue weighted by Crippen LogP contribution is 2.33. The molecule has 0 radical (unpaired) electrons. The van der Waals surface area contributed by atoms with Gasteiger partial charge in [0.25, 0.3) is 5.91 Å². The number of hydrogen-bond donors (Lipinski definition) is 1. The van der Waals surface area contributed by atoms with E-state index in [1.165, 1.54) is 38.6 Å². The van der Waals surface area contributed by atoms with E-state index in [0.29, 0.717) is 17.1 Å². The van der Waals surface area contributed by atoms with Crippen molar-refractivity contribution in [1.29, 1.82) is 0 Å². The van der Waals surface area contributed by atoms with Gasteiger partial charge >= 0.3 is 0 Å². The minimum atomic E-state index is -3.80. The molecule has 0 saturated heterocycles. The Balaban J connectivity index is 2.13. The van der Waals surface area contributed by atoms with Crippen molar-refractivity contribution in [2.24, 2.45) is 5.10 Å². The topological polar surface area (TPSA) is 97.3 Å². The van der Waals surface area contributed by atoms with Crippen LogP contribution >= 0.6 is 23.2 Å². The molecule has 0 aromatic heterocycles. The number of carbonyl (C=O) groups excluding carboxylic acids is 1. The molecule has 2 aromatic rings. The average Bonchev–Trinajstić information content (AvgIpc) is 2.67. The van der Waals surface area contributed by atoms with Crippen LogP contribution in [0.25, 0.3) is 0 Å². The Morgan fingerprint density at radius 2 is 1.86 bits per heavy atom. The zero-order chi connectivity index (χ0) is 21.6. The molecule has 0 unspecified atom stereocenters. The fourth-order valence-corrected chi connectivity index (χ4v) is 3.65. The van der Waals surface area contributed by atoms with Gasteiger partial charge in [-0.15, -0.1) is 0 Å². The number of nitrogens with zero attached hydrogens (tertiary/aromatic N) is 2. The minimum Gasteiger partial charge on any atom is -0.493 e. The smallest absolute Gasteiger partial charge is 0.260 e. The summed E-state index contributed by atoms with van der Waals surface area (Å²) < 4.78 is 35.5. The summed E-state index contributed by atoms with van der Waals surface area (Å²) in [5, 5.41) is 4.04. The molecule has 0 heterocycles. The molecule has 0 saturated carbocycles. The van der Waals surface area contributed by atoms with Gasteiger partial charge in [-0.25, -0.2) is 13.8 Å². The van der Waals surface area contributed by atoms with E-state index in [9.17, 15) is 13.2 Å². The van der Waals surface area contributed by atoms with Gasteiger partial charge in [0.1, 0.15) is 6.54 Å². The van der Waals surface area contributed by atoms with Crippen molar-refractivity contribution in [2.45, 2.75) is 0 Å². The lowest BCUT2D eigenvalue weighted by Crippen LogP contribution is -2.39. The van der Waals surface area contributed by atoms with Gasteiger partial charge in [0.2, 0.25) is 10.0 Å². The van der Waals surface area contributed by atoms with Crippen molar-refractivity contribution in [3.63, 3.8) is 0 Å². The number of hydrazone groups is 1. The van der Waals surface area contributed by atoms with Crippen molar-refractivity contribution < 1.29 is 22.7 Å². The Morgan fingerprint density at radius 3 is 2.48 bits per heavy atom. The summed E-state index contributed by atoms with van der Waals surface area (Å²) in [6, 6.07) is 9.58. The van der Waals surface area contributed by atoms with Crippen LogP contribution in [0.15, 0.2) is 41.5 Å². The highest BCUT2D eigenvalue weighted by Gasteiger charge is 2.23. The molecule has 11 heteroatoms. The van der Waals surface area contributed by atoms with Crippen LogP contribution in [0.2, 0.25) is 10.0 Å². The number of sulfonamides is 1. The normalized spacial score (nSPS) is 11.3. The van der Waals surface area contributed by atoms with E-state index < -0.39 is 22.5 Å². The van der Waals surface area contributed by atoms with Gasteiger partial charge in [-0.2, -0.15) is 5.10 Å². The lowest BCUT2D eigenvalue weighted by molar-refractivity contribution is -0.119. The third kappa shape index (κ3) is 5.99. The number of hydrogen-bond acceptors (Lipinski definition) is 6. The minimum absolute atomic E-state index is 0.0289. The Labute approximate surface area is 179 Å². The molecular weight excluding hydrogens is 441 g/mol. The lowest BCUT2D eigenvalue weighted by atomic mass is 10.2. The Hall–Kier alpha value is -2.49. The van der Waals surface area contributed by atoms with E-state index in [-0.39, 0.29) is 15.7 Å². The number of benzene rings is 2. The second kappa shape index (κ2) is 9.82. The first kappa shape index (κ1) is 22.8. The number of amides is 1. The van der Waals surface area contributed by atoms with Crippen LogP contribution in [0.5, 0.6) is 11.5 Å². The Kier molecular flexibility index (Phi) is 7.72. The average molecular weight is 460 g/mol. The molecule has 1 amide bonds. The summed E-state index contributed by atoms with van der Waals surface area (Å²) in [7, 11) is -0.778. The number of ether oxygens (including phenoxy) is 2. The summed E-state index contributed by atoms with van der Waals surface area (Å²) in [6.07, 6.45) is 2.35. The standard InChI is InChI=1S/C18H19Cl2N3O5S/c1-27-15-8-7-12(9-16(15)28-2)10-21-22-17(24)11-23(29(3,25)26)14-6-4-5-13(19)18(14)20/h4-10H,11H2,1-3H3,(H,22,24)/b21-10-. The summed E-state index contributed by atoms with van der Waals surface area (Å²) in [4.78, 5) is 12.2. The number of carbonyl (C=O) groups is 1. The fourth-order valence-electron chi connectivity index (χ4n) is 2.34. The van der Waals surface area contributed by atoms with Gasteiger partial charge < -0.3 is 9.47 Å². The molecule has 1 N–H and O–H groups in total. The summed E-state index contributed by atoms with van der Waals surface area (Å²) in [6.45, 7) is -0.526. The molecule has 29 heavy (non-hydrogen) atoms. The number of methoxy groups -OCH3 is 2. The van der Waals surface area contributed by atoms with Crippen molar-refractivity contribution in [3.05, 3.63) is 52.0 Å². The van der Waals surface area contributed by atoms with Crippen LogP contribution in [0.1, 0.15) is 5.56 Å². The molecule has 0 spiro atoms. The SMILES string of the molecule is COc1ccc(/C=N\NC(=O)CN(c2cccc(Cl)c2Cl)S(C)(=O)=O)cc1OC. The quantitative estimate of drug-likeness (QED) is 0.483. The maximum atomic E-state index is 12.2. The number of rotatable bonds is 8. The van der Waals surface area contributed by atoms with E-state index in [4.69, 9.17) is 32.7 Å². The Morgan fingerprint density at radius 1 is 1.17 bits per heavy atom. The second-order valence-corrected chi connectivity index (χ2v) is 8.44. The van der Waals surface area contributed by atoms with E-state index in [1.807, 2.05) is 0 Å². The molecule has 2 aromatic carbocycles. The third-order valence-electron chi connectivity index (χ3n) is 3.70. The zero-order valence-electron chi connectivity index (χ0n) is 15.8. The first-order valence-corrected chi connectivity index (χ1v) is 10.7. The summed E-state index contributed by atoms with van der Waals surface area (Å²) >= 11 is 12.0. The van der Waals surface area contributed by atoms with E-state index in [0.717, 1.165) is 10.6 Å². The third-order valence-corrected chi connectivity index (χ3v) is 5.63. The van der Waals surface area contributed by atoms with Crippen LogP contribution in [-0.2, 0) is 14.8 Å². The molecule has 0 aliphatic heterocycles. The number of nitrogens with one attached hydrogen (secondary N) is 1. The van der Waals surface area contributed by atoms with Gasteiger partial charge in [0, 0.05) is 0 Å². The monoisotopic (exact) mass is 459 g/mol. The lowest BCUT2D eigenvalue weighted by Gasteiger charge is -2.22. The van der Waals surface area contributed by atoms with Crippen molar-refractivity contribution >= 4 is 51.0 Å². The van der Waals surface area contributed by atoms with Crippen molar-refractivity contribution in [2.75, 3.05) is 31.3 Å². The van der Waals surface area contributed by atoms with Crippen molar-refractivity contribution in [1.82, 2.24) is 5.43 Å². The molecular formula is C18H19Cl2N3O5S. The molecule has 0 aliphatic rings. The largest absolute Gasteiger partial charge is 0.493 e. The van der Waals surface area contributed by atoms with E-state index in [1.54, 1.807) is 18.2 Å². The van der Waals surface area contributed by atoms with Crippen LogP contribution in [0.4, 0.5) is 5.69 Å². The zero-order valence-corrected chi connectivity index (χ0v) is 18.2. The van der Waals surface area contributed by atoms with Crippen LogP contribution in [0, 0.1) is 0 Å². The van der Waals surface area contributed by atoms with Crippen LogP contribution in [-0.4, -0.2) is 47.6 Å². The fraction of sp³-hybridized carbons (Fsp3) is 0.222. The highest BCUT2D eigenvalue weighted by molar-refractivity contribution is 7.92. The molecule has 8 nitrogen and oxygen atoms in total. The van der Waals surface area contributed by atoms with Gasteiger partial charge in [-0.1, -0.05) is 29.3 Å². The highest BCUT2D eigenvalue weighted by atomic mass is 35.5. The molecule has 156 valence electrons. The summed E-state index contributed by atoms with van der Waals surface area (Å²) in [5.41, 5.74) is 3.02. The van der Waals surface area contributed by atoms with Gasteiger partial charge in [-0.3, -0.25) is 9.10 Å². The molecule has 0 atom stereocenters. The molecule has 0 fully saturated rings. The summed E-state index contributed by atoms with van der Waals surface area (Å²) in [5.74, 6) is 0.390. The van der Waals surface area contributed by atoms with Crippen LogP contribution < -0.4 is 19.2 Å². The number of halogens is 2. The van der Waals surface area contributed by atoms with Crippen LogP contribution in [0.3, 0.4) is 0 Å². The predicted molar refractivity (Wildman–Crippen MR) is 114 cm³/mol. The maximum absolute atomic E-state index is 12.2.